The van der Waals surface area contributed by atoms with Gasteiger partial charge >= 0.3 is 0 Å². The highest BCUT2D eigenvalue weighted by atomic mass is 32.2. The van der Waals surface area contributed by atoms with Gasteiger partial charge in [-0.3, -0.25) is 0 Å². The SMILES string of the molecule is O=Nc1ccc(C[n+]2ccc(C=CC=CC=C3Sc4ccccc4N3Cc3ccccc3)c3ccccc32)cc1. The lowest BCUT2D eigenvalue weighted by Gasteiger charge is -2.20. The minimum absolute atomic E-state index is 0.447. The molecule has 0 amide bonds. The second-order valence-electron chi connectivity index (χ2n) is 9.56. The predicted octanol–water partition coefficient (Wildman–Crippen LogP) is 8.80. The third-order valence-corrected chi connectivity index (χ3v) is 8.04. The molecule has 40 heavy (non-hydrogen) atoms. The highest BCUT2D eigenvalue weighted by Gasteiger charge is 2.24. The molecule has 0 bridgehead atoms. The zero-order valence-electron chi connectivity index (χ0n) is 21.9. The summed E-state index contributed by atoms with van der Waals surface area (Å²) in [5, 5.41) is 5.41. The molecule has 5 heteroatoms. The molecular weight excluding hydrogens is 510 g/mol. The van der Waals surface area contributed by atoms with Crippen LogP contribution in [-0.2, 0) is 13.1 Å². The van der Waals surface area contributed by atoms with Crippen LogP contribution in [0.2, 0.25) is 0 Å². The van der Waals surface area contributed by atoms with Gasteiger partial charge in [0, 0.05) is 29.1 Å². The van der Waals surface area contributed by atoms with Crippen LogP contribution in [0.1, 0.15) is 16.7 Å². The van der Waals surface area contributed by atoms with E-state index in [4.69, 9.17) is 0 Å². The van der Waals surface area contributed by atoms with Crippen molar-refractivity contribution in [3.05, 3.63) is 166 Å². The van der Waals surface area contributed by atoms with E-state index in [0.717, 1.165) is 29.7 Å². The Balaban J connectivity index is 1.20. The fourth-order valence-corrected chi connectivity index (χ4v) is 5.99. The molecule has 6 rings (SSSR count). The number of hydrogen-bond donors (Lipinski definition) is 0. The molecule has 4 nitrogen and oxygen atoms in total. The fraction of sp³-hybridized carbons (Fsp3) is 0.0571. The Morgan fingerprint density at radius 1 is 0.750 bits per heavy atom. The van der Waals surface area contributed by atoms with E-state index >= 15 is 0 Å². The van der Waals surface area contributed by atoms with Crippen molar-refractivity contribution in [3.63, 3.8) is 0 Å². The van der Waals surface area contributed by atoms with Gasteiger partial charge in [-0.1, -0.05) is 103 Å². The van der Waals surface area contributed by atoms with Crippen molar-refractivity contribution in [1.29, 1.82) is 0 Å². The zero-order valence-corrected chi connectivity index (χ0v) is 22.7. The molecule has 0 spiro atoms. The van der Waals surface area contributed by atoms with Crippen LogP contribution < -0.4 is 9.47 Å². The third-order valence-electron chi connectivity index (χ3n) is 6.91. The molecule has 2 heterocycles. The van der Waals surface area contributed by atoms with E-state index in [9.17, 15) is 4.91 Å². The van der Waals surface area contributed by atoms with Crippen LogP contribution in [0, 0.1) is 4.91 Å². The van der Waals surface area contributed by atoms with Gasteiger partial charge in [-0.05, 0) is 52.7 Å². The van der Waals surface area contributed by atoms with Crippen LogP contribution >= 0.6 is 11.8 Å². The first-order valence-electron chi connectivity index (χ1n) is 13.3. The molecule has 0 fully saturated rings. The lowest BCUT2D eigenvalue weighted by atomic mass is 10.1. The number of fused-ring (bicyclic) bond motifs is 2. The number of thioether (sulfide) groups is 1. The van der Waals surface area contributed by atoms with Crippen LogP contribution in [0.4, 0.5) is 11.4 Å². The number of allylic oxidation sites excluding steroid dienone is 4. The van der Waals surface area contributed by atoms with Crippen molar-refractivity contribution in [2.45, 2.75) is 18.0 Å². The summed E-state index contributed by atoms with van der Waals surface area (Å²) >= 11 is 1.81. The number of benzene rings is 4. The highest BCUT2D eigenvalue weighted by Crippen LogP contribution is 2.46. The van der Waals surface area contributed by atoms with Crippen molar-refractivity contribution in [3.8, 4) is 0 Å². The Morgan fingerprint density at radius 3 is 2.38 bits per heavy atom. The predicted molar refractivity (Wildman–Crippen MR) is 166 cm³/mol. The molecule has 1 aromatic heterocycles. The van der Waals surface area contributed by atoms with E-state index in [2.05, 4.69) is 136 Å². The summed E-state index contributed by atoms with van der Waals surface area (Å²) in [6.07, 6.45) is 12.8. The summed E-state index contributed by atoms with van der Waals surface area (Å²) in [7, 11) is 0. The maximum atomic E-state index is 10.7. The number of nitrogens with zero attached hydrogens (tertiary/aromatic N) is 3. The van der Waals surface area contributed by atoms with Gasteiger partial charge in [-0.25, -0.2) is 0 Å². The van der Waals surface area contributed by atoms with E-state index in [1.807, 2.05) is 23.9 Å². The monoisotopic (exact) mass is 538 g/mol. The van der Waals surface area contributed by atoms with Crippen LogP contribution in [0.25, 0.3) is 17.0 Å². The Morgan fingerprint density at radius 2 is 1.52 bits per heavy atom. The minimum Gasteiger partial charge on any atom is -0.331 e. The first-order chi connectivity index (χ1) is 19.8. The van der Waals surface area contributed by atoms with Gasteiger partial charge < -0.3 is 4.90 Å². The second-order valence-corrected chi connectivity index (χ2v) is 10.6. The molecule has 0 unspecified atom stereocenters. The second kappa shape index (κ2) is 12.0. The largest absolute Gasteiger partial charge is 0.331 e. The number of anilines is 1. The molecule has 0 radical (unpaired) electrons. The fourth-order valence-electron chi connectivity index (χ4n) is 4.92. The van der Waals surface area contributed by atoms with Crippen molar-refractivity contribution in [2.75, 3.05) is 4.90 Å². The Labute approximate surface area is 238 Å². The summed E-state index contributed by atoms with van der Waals surface area (Å²) in [4.78, 5) is 14.4. The standard InChI is InChI=1S/C35H28N3OS/c39-36-30-21-19-28(20-22-30)25-37-24-23-29(31-14-7-8-15-32(31)37)13-5-2-6-18-35-38(26-27-11-3-1-4-12-27)33-16-9-10-17-34(33)40-35/h1-24H,25-26H2/q+1. The number of nitroso groups, excluding NO2 is 1. The lowest BCUT2D eigenvalue weighted by molar-refractivity contribution is -0.662. The van der Waals surface area contributed by atoms with Crippen molar-refractivity contribution < 1.29 is 4.57 Å². The normalized spacial score (nSPS) is 14.0. The summed E-state index contributed by atoms with van der Waals surface area (Å²) in [6.45, 7) is 1.56. The summed E-state index contributed by atoms with van der Waals surface area (Å²) in [5.41, 5.74) is 6.44. The van der Waals surface area contributed by atoms with Crippen molar-refractivity contribution in [1.82, 2.24) is 0 Å². The zero-order chi connectivity index (χ0) is 27.1. The van der Waals surface area contributed by atoms with Gasteiger partial charge in [0.25, 0.3) is 0 Å². The van der Waals surface area contributed by atoms with Gasteiger partial charge in [0.2, 0.25) is 5.52 Å². The molecule has 1 aliphatic heterocycles. The Bertz CT molecular complexity index is 1740. The maximum Gasteiger partial charge on any atom is 0.213 e. The third kappa shape index (κ3) is 5.65. The molecule has 0 aliphatic carbocycles. The van der Waals surface area contributed by atoms with Crippen LogP contribution in [0.15, 0.2) is 155 Å². The van der Waals surface area contributed by atoms with Crippen LogP contribution in [0.3, 0.4) is 0 Å². The first kappa shape index (κ1) is 25.5. The van der Waals surface area contributed by atoms with Gasteiger partial charge in [0.05, 0.1) is 16.1 Å². The molecule has 0 saturated carbocycles. The van der Waals surface area contributed by atoms with Crippen LogP contribution in [0.5, 0.6) is 0 Å². The van der Waals surface area contributed by atoms with Gasteiger partial charge in [0.15, 0.2) is 12.7 Å². The van der Waals surface area contributed by atoms with Gasteiger partial charge in [-0.2, -0.15) is 4.57 Å². The summed E-state index contributed by atoms with van der Waals surface area (Å²) in [5.74, 6) is 0. The van der Waals surface area contributed by atoms with Gasteiger partial charge in [-0.15, -0.1) is 4.91 Å². The topological polar surface area (TPSA) is 36.6 Å². The lowest BCUT2D eigenvalue weighted by Crippen LogP contribution is -2.34. The summed E-state index contributed by atoms with van der Waals surface area (Å²) < 4.78 is 2.23. The summed E-state index contributed by atoms with van der Waals surface area (Å²) in [6, 6.07) is 37.2. The van der Waals surface area contributed by atoms with E-state index in [-0.39, 0.29) is 0 Å². The molecule has 5 aromatic rings. The maximum absolute atomic E-state index is 10.7. The number of pyridine rings is 1. The van der Waals surface area contributed by atoms with E-state index in [1.165, 1.54) is 26.6 Å². The minimum atomic E-state index is 0.447. The number of rotatable bonds is 8. The molecule has 194 valence electrons. The van der Waals surface area contributed by atoms with E-state index < -0.39 is 0 Å². The van der Waals surface area contributed by atoms with E-state index in [1.54, 1.807) is 12.1 Å². The van der Waals surface area contributed by atoms with Gasteiger partial charge in [0.1, 0.15) is 5.69 Å². The first-order valence-corrected chi connectivity index (χ1v) is 14.1. The average molecular weight is 539 g/mol. The molecular formula is C35H28N3OS+. The smallest absolute Gasteiger partial charge is 0.213 e. The van der Waals surface area contributed by atoms with Crippen LogP contribution in [-0.4, -0.2) is 0 Å². The number of para-hydroxylation sites is 2. The number of aromatic nitrogens is 1. The quantitative estimate of drug-likeness (QED) is 0.113. The average Bonchev–Trinajstić information content (AvgIpc) is 3.35. The molecule has 1 aliphatic rings. The molecule has 4 aromatic carbocycles. The molecule has 0 N–H and O–H groups in total. The Kier molecular flexibility index (Phi) is 7.64. The number of hydrogen-bond acceptors (Lipinski definition) is 4. The van der Waals surface area contributed by atoms with Crippen molar-refractivity contribution >= 4 is 40.1 Å². The molecule has 0 saturated heterocycles. The molecule has 0 atom stereocenters. The van der Waals surface area contributed by atoms with E-state index in [0.29, 0.717) is 5.69 Å². The Hall–Kier alpha value is -4.74. The highest BCUT2D eigenvalue weighted by molar-refractivity contribution is 8.03. The van der Waals surface area contributed by atoms with Crippen molar-refractivity contribution in [2.24, 2.45) is 5.18 Å².